The van der Waals surface area contributed by atoms with Crippen LogP contribution in [0.15, 0.2) is 6.20 Å². The molecule has 0 aliphatic heterocycles. The summed E-state index contributed by atoms with van der Waals surface area (Å²) < 4.78 is 2.00. The van der Waals surface area contributed by atoms with Crippen molar-refractivity contribution >= 4 is 0 Å². The summed E-state index contributed by atoms with van der Waals surface area (Å²) in [4.78, 5) is 0. The van der Waals surface area contributed by atoms with Gasteiger partial charge in [0.25, 0.3) is 0 Å². The van der Waals surface area contributed by atoms with E-state index in [4.69, 9.17) is 5.84 Å². The Morgan fingerprint density at radius 2 is 2.11 bits per heavy atom. The molecule has 1 aliphatic carbocycles. The van der Waals surface area contributed by atoms with Gasteiger partial charge in [0.2, 0.25) is 0 Å². The number of aryl methyl sites for hydroxylation is 1. The van der Waals surface area contributed by atoms with Crippen molar-refractivity contribution in [1.82, 2.24) is 20.4 Å². The monoisotopic (exact) mass is 251 g/mol. The normalized spacial score (nSPS) is 19.7. The molecule has 5 heteroatoms. The minimum atomic E-state index is 0.199. The molecule has 0 saturated heterocycles. The summed E-state index contributed by atoms with van der Waals surface area (Å²) in [5.41, 5.74) is 4.14. The molecule has 3 N–H and O–H groups in total. The summed E-state index contributed by atoms with van der Waals surface area (Å²) in [7, 11) is 0. The Bertz CT molecular complexity index is 341. The summed E-state index contributed by atoms with van der Waals surface area (Å²) in [6.45, 7) is 3.07. The first kappa shape index (κ1) is 13.5. The third-order valence-electron chi connectivity index (χ3n) is 3.95. The molecule has 1 aliphatic rings. The number of hydrogen-bond acceptors (Lipinski definition) is 4. The Hall–Kier alpha value is -0.940. The van der Waals surface area contributed by atoms with E-state index in [0.29, 0.717) is 5.92 Å². The van der Waals surface area contributed by atoms with Crippen molar-refractivity contribution in [3.63, 3.8) is 0 Å². The van der Waals surface area contributed by atoms with Gasteiger partial charge < -0.3 is 0 Å². The molecule has 1 heterocycles. The van der Waals surface area contributed by atoms with E-state index in [2.05, 4.69) is 22.7 Å². The summed E-state index contributed by atoms with van der Waals surface area (Å²) in [5.74, 6) is 6.41. The third kappa shape index (κ3) is 3.09. The summed E-state index contributed by atoms with van der Waals surface area (Å²) in [6.07, 6.45) is 10.8. The zero-order chi connectivity index (χ0) is 12.8. The van der Waals surface area contributed by atoms with Gasteiger partial charge in [0, 0.05) is 6.54 Å². The fourth-order valence-electron chi connectivity index (χ4n) is 3.00. The molecule has 1 saturated carbocycles. The first-order valence-corrected chi connectivity index (χ1v) is 7.21. The highest BCUT2D eigenvalue weighted by atomic mass is 15.4. The number of hydrogen-bond donors (Lipinski definition) is 2. The molecule has 0 spiro atoms. The Morgan fingerprint density at radius 3 is 2.72 bits per heavy atom. The van der Waals surface area contributed by atoms with E-state index in [0.717, 1.165) is 18.7 Å². The lowest BCUT2D eigenvalue weighted by Gasteiger charge is -2.25. The van der Waals surface area contributed by atoms with Gasteiger partial charge in [-0.25, -0.2) is 4.68 Å². The zero-order valence-corrected chi connectivity index (χ0v) is 11.3. The highest BCUT2D eigenvalue weighted by Gasteiger charge is 2.26. The van der Waals surface area contributed by atoms with E-state index in [1.165, 1.54) is 38.5 Å². The standard InChI is InChI=1S/C13H25N5/c1-2-9-18-12(10-15-17-18)13(16-14)11-7-5-3-4-6-8-11/h10-11,13,16H,2-9,14H2,1H3. The van der Waals surface area contributed by atoms with Crippen molar-refractivity contribution in [3.05, 3.63) is 11.9 Å². The fraction of sp³-hybridized carbons (Fsp3) is 0.846. The largest absolute Gasteiger partial charge is 0.271 e. The second-order valence-electron chi connectivity index (χ2n) is 5.28. The van der Waals surface area contributed by atoms with E-state index in [1.807, 2.05) is 10.9 Å². The highest BCUT2D eigenvalue weighted by Crippen LogP contribution is 2.32. The quantitative estimate of drug-likeness (QED) is 0.478. The van der Waals surface area contributed by atoms with Gasteiger partial charge in [0.05, 0.1) is 17.9 Å². The van der Waals surface area contributed by atoms with Crippen molar-refractivity contribution < 1.29 is 0 Å². The topological polar surface area (TPSA) is 68.8 Å². The molecule has 0 aromatic carbocycles. The number of aromatic nitrogens is 3. The summed E-state index contributed by atoms with van der Waals surface area (Å²) in [5, 5.41) is 8.21. The minimum Gasteiger partial charge on any atom is -0.271 e. The highest BCUT2D eigenvalue weighted by molar-refractivity contribution is 5.04. The second-order valence-corrected chi connectivity index (χ2v) is 5.28. The van der Waals surface area contributed by atoms with Crippen LogP contribution < -0.4 is 11.3 Å². The summed E-state index contributed by atoms with van der Waals surface area (Å²) >= 11 is 0. The van der Waals surface area contributed by atoms with Gasteiger partial charge in [-0.05, 0) is 25.2 Å². The molecule has 0 amide bonds. The van der Waals surface area contributed by atoms with Crippen molar-refractivity contribution in [2.45, 2.75) is 64.5 Å². The van der Waals surface area contributed by atoms with Crippen LogP contribution >= 0.6 is 0 Å². The second kappa shape index (κ2) is 6.85. The maximum atomic E-state index is 5.79. The first-order chi connectivity index (χ1) is 8.86. The molecule has 0 radical (unpaired) electrons. The molecule has 18 heavy (non-hydrogen) atoms. The van der Waals surface area contributed by atoms with Gasteiger partial charge in [-0.15, -0.1) is 5.10 Å². The van der Waals surface area contributed by atoms with Crippen LogP contribution in [-0.2, 0) is 6.54 Å². The van der Waals surface area contributed by atoms with Gasteiger partial charge >= 0.3 is 0 Å². The third-order valence-corrected chi connectivity index (χ3v) is 3.95. The molecule has 5 nitrogen and oxygen atoms in total. The number of nitrogens with zero attached hydrogens (tertiary/aromatic N) is 3. The van der Waals surface area contributed by atoms with Crippen LogP contribution in [0.5, 0.6) is 0 Å². The van der Waals surface area contributed by atoms with E-state index in [-0.39, 0.29) is 6.04 Å². The Kier molecular flexibility index (Phi) is 5.13. The Labute approximate surface area is 109 Å². The van der Waals surface area contributed by atoms with Crippen LogP contribution in [0.25, 0.3) is 0 Å². The number of hydrazine groups is 1. The average molecular weight is 251 g/mol. The Morgan fingerprint density at radius 1 is 1.39 bits per heavy atom. The van der Waals surface area contributed by atoms with Gasteiger partial charge in [-0.2, -0.15) is 0 Å². The minimum absolute atomic E-state index is 0.199. The van der Waals surface area contributed by atoms with Crippen molar-refractivity contribution in [3.8, 4) is 0 Å². The van der Waals surface area contributed by atoms with E-state index < -0.39 is 0 Å². The zero-order valence-electron chi connectivity index (χ0n) is 11.3. The van der Waals surface area contributed by atoms with E-state index in [1.54, 1.807) is 0 Å². The SMILES string of the molecule is CCCn1nncc1C(NN)C1CCCCCC1. The van der Waals surface area contributed by atoms with Crippen LogP contribution in [-0.4, -0.2) is 15.0 Å². The maximum absolute atomic E-state index is 5.79. The Balaban J connectivity index is 2.12. The summed E-state index contributed by atoms with van der Waals surface area (Å²) in [6, 6.07) is 0.199. The lowest BCUT2D eigenvalue weighted by atomic mass is 9.90. The van der Waals surface area contributed by atoms with Gasteiger partial charge in [-0.3, -0.25) is 11.3 Å². The number of rotatable bonds is 5. The fourth-order valence-corrected chi connectivity index (χ4v) is 3.00. The molecule has 1 aromatic rings. The first-order valence-electron chi connectivity index (χ1n) is 7.21. The molecule has 1 unspecified atom stereocenters. The molecular weight excluding hydrogens is 226 g/mol. The predicted molar refractivity (Wildman–Crippen MR) is 71.6 cm³/mol. The molecule has 0 bridgehead atoms. The lowest BCUT2D eigenvalue weighted by molar-refractivity contribution is 0.311. The number of nitrogens with one attached hydrogen (secondary N) is 1. The van der Waals surface area contributed by atoms with Crippen LogP contribution in [0.3, 0.4) is 0 Å². The van der Waals surface area contributed by atoms with Crippen molar-refractivity contribution in [1.29, 1.82) is 0 Å². The molecule has 1 fully saturated rings. The molecule has 1 atom stereocenters. The smallest absolute Gasteiger partial charge is 0.0772 e. The predicted octanol–water partition coefficient (Wildman–Crippen LogP) is 2.16. The lowest BCUT2D eigenvalue weighted by Crippen LogP contribution is -2.35. The molecule has 1 aromatic heterocycles. The van der Waals surface area contributed by atoms with Crippen molar-refractivity contribution in [2.75, 3.05) is 0 Å². The average Bonchev–Trinajstić information content (AvgIpc) is 2.66. The van der Waals surface area contributed by atoms with Crippen LogP contribution in [0, 0.1) is 5.92 Å². The molecule has 2 rings (SSSR count). The van der Waals surface area contributed by atoms with Gasteiger partial charge in [-0.1, -0.05) is 37.8 Å². The van der Waals surface area contributed by atoms with Gasteiger partial charge in [0.1, 0.15) is 0 Å². The van der Waals surface area contributed by atoms with E-state index in [9.17, 15) is 0 Å². The van der Waals surface area contributed by atoms with Crippen LogP contribution in [0.4, 0.5) is 0 Å². The maximum Gasteiger partial charge on any atom is 0.0772 e. The van der Waals surface area contributed by atoms with Crippen LogP contribution in [0.2, 0.25) is 0 Å². The van der Waals surface area contributed by atoms with Gasteiger partial charge in [0.15, 0.2) is 0 Å². The molecule has 102 valence electrons. The number of nitrogens with two attached hydrogens (primary N) is 1. The van der Waals surface area contributed by atoms with Crippen LogP contribution in [0.1, 0.15) is 63.6 Å². The molecular formula is C13H25N5. The van der Waals surface area contributed by atoms with Crippen molar-refractivity contribution in [2.24, 2.45) is 11.8 Å². The van der Waals surface area contributed by atoms with E-state index >= 15 is 0 Å².